The number of carbonyl (C=O) groups is 1. The number of carbonyl (C=O) groups excluding carboxylic acids is 1. The molecule has 1 amide bonds. The van der Waals surface area contributed by atoms with Gasteiger partial charge < -0.3 is 4.90 Å². The van der Waals surface area contributed by atoms with Gasteiger partial charge in [-0.05, 0) is 26.0 Å². The maximum absolute atomic E-state index is 12.9. The smallest absolute Gasteiger partial charge is 0.343 e. The minimum atomic E-state index is -4.78. The van der Waals surface area contributed by atoms with Crippen molar-refractivity contribution in [2.24, 2.45) is 0 Å². The van der Waals surface area contributed by atoms with Crippen molar-refractivity contribution in [2.75, 3.05) is 19.6 Å². The Labute approximate surface area is 133 Å². The molecule has 1 rings (SSSR count). The highest BCUT2D eigenvalue weighted by Crippen LogP contribution is 2.33. The van der Waals surface area contributed by atoms with Crippen LogP contribution in [0.25, 0.3) is 0 Å². The maximum atomic E-state index is 12.9. The average Bonchev–Trinajstić information content (AvgIpc) is 2.47. The Hall–Kier alpha value is -1.61. The third-order valence-corrected chi connectivity index (χ3v) is 4.75. The molecule has 0 heterocycles. The summed E-state index contributed by atoms with van der Waals surface area (Å²) in [5, 5.41) is 0. The summed E-state index contributed by atoms with van der Waals surface area (Å²) in [4.78, 5) is 12.4. The van der Waals surface area contributed by atoms with Gasteiger partial charge in [0.1, 0.15) is 0 Å². The SMILES string of the molecule is CCN(CC)C(=O)CCNS(=O)(=O)c1ccccc1C(F)(F)F. The van der Waals surface area contributed by atoms with E-state index in [0.717, 1.165) is 12.1 Å². The van der Waals surface area contributed by atoms with Crippen LogP contribution in [-0.4, -0.2) is 38.9 Å². The van der Waals surface area contributed by atoms with Crippen molar-refractivity contribution in [3.63, 3.8) is 0 Å². The number of amides is 1. The third-order valence-electron chi connectivity index (χ3n) is 3.23. The summed E-state index contributed by atoms with van der Waals surface area (Å²) in [7, 11) is -4.35. The zero-order chi connectivity index (χ0) is 17.7. The molecule has 0 bridgehead atoms. The molecule has 0 aliphatic carbocycles. The predicted octanol–water partition coefficient (Wildman–Crippen LogP) is 2.24. The standard InChI is InChI=1S/C14H19F3N2O3S/c1-3-19(4-2)13(20)9-10-18-23(21,22)12-8-6-5-7-11(12)14(15,16)17/h5-8,18H,3-4,9-10H2,1-2H3. The summed E-state index contributed by atoms with van der Waals surface area (Å²) in [6.07, 6.45) is -4.89. The number of sulfonamides is 1. The van der Waals surface area contributed by atoms with Crippen LogP contribution in [0.2, 0.25) is 0 Å². The highest BCUT2D eigenvalue weighted by molar-refractivity contribution is 7.89. The molecular weight excluding hydrogens is 333 g/mol. The quantitative estimate of drug-likeness (QED) is 0.818. The van der Waals surface area contributed by atoms with E-state index in [2.05, 4.69) is 0 Å². The van der Waals surface area contributed by atoms with Gasteiger partial charge in [-0.25, -0.2) is 13.1 Å². The van der Waals surface area contributed by atoms with E-state index >= 15 is 0 Å². The van der Waals surface area contributed by atoms with Crippen LogP contribution in [0.4, 0.5) is 13.2 Å². The monoisotopic (exact) mass is 352 g/mol. The molecule has 23 heavy (non-hydrogen) atoms. The second-order valence-electron chi connectivity index (χ2n) is 4.71. The molecule has 0 atom stereocenters. The third kappa shape index (κ3) is 5.21. The molecular formula is C14H19F3N2O3S. The molecule has 0 spiro atoms. The summed E-state index contributed by atoms with van der Waals surface area (Å²) >= 11 is 0. The van der Waals surface area contributed by atoms with Gasteiger partial charge in [0.25, 0.3) is 0 Å². The minimum absolute atomic E-state index is 0.116. The van der Waals surface area contributed by atoms with E-state index in [9.17, 15) is 26.4 Å². The fourth-order valence-electron chi connectivity index (χ4n) is 2.04. The first-order valence-electron chi connectivity index (χ1n) is 7.07. The lowest BCUT2D eigenvalue weighted by atomic mass is 10.2. The van der Waals surface area contributed by atoms with Crippen LogP contribution in [0.1, 0.15) is 25.8 Å². The number of halogens is 3. The Morgan fingerprint density at radius 2 is 1.74 bits per heavy atom. The van der Waals surface area contributed by atoms with Crippen molar-refractivity contribution in [1.29, 1.82) is 0 Å². The van der Waals surface area contributed by atoms with Crippen molar-refractivity contribution in [3.05, 3.63) is 29.8 Å². The van der Waals surface area contributed by atoms with Gasteiger partial charge in [0.2, 0.25) is 15.9 Å². The van der Waals surface area contributed by atoms with Crippen LogP contribution in [0.3, 0.4) is 0 Å². The van der Waals surface area contributed by atoms with E-state index in [-0.39, 0.29) is 18.9 Å². The van der Waals surface area contributed by atoms with Crippen molar-refractivity contribution >= 4 is 15.9 Å². The van der Waals surface area contributed by atoms with E-state index in [1.807, 2.05) is 4.72 Å². The highest BCUT2D eigenvalue weighted by Gasteiger charge is 2.36. The van der Waals surface area contributed by atoms with Crippen LogP contribution in [-0.2, 0) is 21.0 Å². The molecule has 9 heteroatoms. The van der Waals surface area contributed by atoms with Gasteiger partial charge in [0.15, 0.2) is 0 Å². The van der Waals surface area contributed by atoms with E-state index in [0.29, 0.717) is 19.2 Å². The van der Waals surface area contributed by atoms with Crippen molar-refractivity contribution in [3.8, 4) is 0 Å². The summed E-state index contributed by atoms with van der Waals surface area (Å²) in [5.74, 6) is -0.262. The van der Waals surface area contributed by atoms with Gasteiger partial charge in [0, 0.05) is 26.1 Å². The molecule has 0 saturated heterocycles. The first kappa shape index (κ1) is 19.4. The molecule has 1 aromatic rings. The Kier molecular flexibility index (Phi) is 6.57. The first-order chi connectivity index (χ1) is 10.6. The molecule has 0 saturated carbocycles. The summed E-state index contributed by atoms with van der Waals surface area (Å²) < 4.78 is 64.8. The summed E-state index contributed by atoms with van der Waals surface area (Å²) in [6.45, 7) is 4.28. The Morgan fingerprint density at radius 1 is 1.17 bits per heavy atom. The fourth-order valence-corrected chi connectivity index (χ4v) is 3.30. The van der Waals surface area contributed by atoms with Gasteiger partial charge >= 0.3 is 6.18 Å². The van der Waals surface area contributed by atoms with E-state index in [1.54, 1.807) is 13.8 Å². The lowest BCUT2D eigenvalue weighted by Gasteiger charge is -2.19. The molecule has 5 nitrogen and oxygen atoms in total. The molecule has 0 aliphatic rings. The van der Waals surface area contributed by atoms with Crippen LogP contribution >= 0.6 is 0 Å². The number of nitrogens with one attached hydrogen (secondary N) is 1. The Morgan fingerprint density at radius 3 is 2.26 bits per heavy atom. The molecule has 0 aromatic heterocycles. The lowest BCUT2D eigenvalue weighted by molar-refractivity contribution is -0.140. The zero-order valence-electron chi connectivity index (χ0n) is 12.9. The second kappa shape index (κ2) is 7.78. The predicted molar refractivity (Wildman–Crippen MR) is 79.2 cm³/mol. The fraction of sp³-hybridized carbons (Fsp3) is 0.500. The number of hydrogen-bond acceptors (Lipinski definition) is 3. The van der Waals surface area contributed by atoms with Crippen molar-refractivity contribution < 1.29 is 26.4 Å². The number of benzene rings is 1. The first-order valence-corrected chi connectivity index (χ1v) is 8.55. The largest absolute Gasteiger partial charge is 0.417 e. The lowest BCUT2D eigenvalue weighted by Crippen LogP contribution is -2.34. The normalized spacial score (nSPS) is 12.2. The van der Waals surface area contributed by atoms with Crippen molar-refractivity contribution in [1.82, 2.24) is 9.62 Å². The molecule has 0 unspecified atom stereocenters. The van der Waals surface area contributed by atoms with Gasteiger partial charge in [-0.3, -0.25) is 4.79 Å². The van der Waals surface area contributed by atoms with Gasteiger partial charge in [0.05, 0.1) is 10.5 Å². The van der Waals surface area contributed by atoms with Gasteiger partial charge in [-0.2, -0.15) is 13.2 Å². The summed E-state index contributed by atoms with van der Waals surface area (Å²) in [5.41, 5.74) is -1.23. The summed E-state index contributed by atoms with van der Waals surface area (Å²) in [6, 6.07) is 3.92. The average molecular weight is 352 g/mol. The Balaban J connectivity index is 2.84. The minimum Gasteiger partial charge on any atom is -0.343 e. The van der Waals surface area contributed by atoms with Crippen molar-refractivity contribution in [2.45, 2.75) is 31.3 Å². The molecule has 0 aliphatic heterocycles. The van der Waals surface area contributed by atoms with Crippen LogP contribution in [0, 0.1) is 0 Å². The maximum Gasteiger partial charge on any atom is 0.417 e. The number of nitrogens with zero attached hydrogens (tertiary/aromatic N) is 1. The Bertz CT molecular complexity index is 641. The second-order valence-corrected chi connectivity index (χ2v) is 6.44. The van der Waals surface area contributed by atoms with Gasteiger partial charge in [-0.15, -0.1) is 0 Å². The molecule has 0 fully saturated rings. The molecule has 0 radical (unpaired) electrons. The number of rotatable bonds is 7. The molecule has 1 N–H and O–H groups in total. The van der Waals surface area contributed by atoms with Crippen LogP contribution in [0.5, 0.6) is 0 Å². The number of hydrogen-bond donors (Lipinski definition) is 1. The van der Waals surface area contributed by atoms with Gasteiger partial charge in [-0.1, -0.05) is 12.1 Å². The molecule has 1 aromatic carbocycles. The van der Waals surface area contributed by atoms with E-state index in [1.165, 1.54) is 11.0 Å². The topological polar surface area (TPSA) is 66.5 Å². The van der Waals surface area contributed by atoms with E-state index in [4.69, 9.17) is 0 Å². The van der Waals surface area contributed by atoms with E-state index < -0.39 is 26.7 Å². The zero-order valence-corrected chi connectivity index (χ0v) is 13.7. The molecule has 130 valence electrons. The van der Waals surface area contributed by atoms with Crippen LogP contribution in [0.15, 0.2) is 29.2 Å². The van der Waals surface area contributed by atoms with Crippen LogP contribution < -0.4 is 4.72 Å². The highest BCUT2D eigenvalue weighted by atomic mass is 32.2. The number of alkyl halides is 3.